The maximum Gasteiger partial charge on any atom is 0.176 e. The van der Waals surface area contributed by atoms with Crippen LogP contribution < -0.4 is 0 Å². The van der Waals surface area contributed by atoms with E-state index in [-0.39, 0.29) is 6.29 Å². The second-order valence-corrected chi connectivity index (χ2v) is 3.51. The summed E-state index contributed by atoms with van der Waals surface area (Å²) in [6, 6.07) is 0. The van der Waals surface area contributed by atoms with Gasteiger partial charge in [-0.25, -0.2) is 0 Å². The molecule has 0 saturated heterocycles. The van der Waals surface area contributed by atoms with Crippen LogP contribution in [0.5, 0.6) is 0 Å². The number of rotatable bonds is 6. The highest BCUT2D eigenvalue weighted by Gasteiger charge is 2.12. The highest BCUT2D eigenvalue weighted by molar-refractivity contribution is 6.31. The standard InChI is InChI=1S/C10H17ClN2O2/c1-4-14-10(15-5-2)7-13-8(3)9(11)6-12-13/h6,10H,4-5,7H2,1-3H3. The average molecular weight is 233 g/mol. The van der Waals surface area contributed by atoms with Crippen LogP contribution in [0, 0.1) is 6.92 Å². The lowest BCUT2D eigenvalue weighted by Crippen LogP contribution is -2.24. The molecule has 0 aliphatic carbocycles. The first-order valence-corrected chi connectivity index (χ1v) is 5.47. The third kappa shape index (κ3) is 3.48. The summed E-state index contributed by atoms with van der Waals surface area (Å²) >= 11 is 5.90. The Kier molecular flexibility index (Phi) is 5.08. The Morgan fingerprint density at radius 2 is 2.00 bits per heavy atom. The monoisotopic (exact) mass is 232 g/mol. The molecule has 0 fully saturated rings. The summed E-state index contributed by atoms with van der Waals surface area (Å²) in [6.07, 6.45) is 1.38. The Hall–Kier alpha value is -0.580. The summed E-state index contributed by atoms with van der Waals surface area (Å²) in [4.78, 5) is 0. The second kappa shape index (κ2) is 6.10. The largest absolute Gasteiger partial charge is 0.351 e. The second-order valence-electron chi connectivity index (χ2n) is 3.10. The molecule has 0 aliphatic rings. The zero-order valence-corrected chi connectivity index (χ0v) is 10.1. The van der Waals surface area contributed by atoms with Crippen LogP contribution >= 0.6 is 11.6 Å². The molecule has 0 N–H and O–H groups in total. The van der Waals surface area contributed by atoms with E-state index in [0.717, 1.165) is 5.69 Å². The van der Waals surface area contributed by atoms with Gasteiger partial charge in [-0.1, -0.05) is 11.6 Å². The lowest BCUT2D eigenvalue weighted by Gasteiger charge is -2.17. The van der Waals surface area contributed by atoms with E-state index in [2.05, 4.69) is 5.10 Å². The van der Waals surface area contributed by atoms with Crippen molar-refractivity contribution in [3.8, 4) is 0 Å². The van der Waals surface area contributed by atoms with E-state index in [1.165, 1.54) is 0 Å². The van der Waals surface area contributed by atoms with Crippen molar-refractivity contribution >= 4 is 11.6 Å². The minimum atomic E-state index is -0.255. The van der Waals surface area contributed by atoms with Gasteiger partial charge in [-0.15, -0.1) is 0 Å². The molecule has 0 saturated carbocycles. The molecule has 0 aromatic carbocycles. The van der Waals surface area contributed by atoms with Gasteiger partial charge in [0.15, 0.2) is 6.29 Å². The van der Waals surface area contributed by atoms with Crippen LogP contribution in [-0.2, 0) is 16.0 Å². The third-order valence-electron chi connectivity index (χ3n) is 2.07. The summed E-state index contributed by atoms with van der Waals surface area (Å²) < 4.78 is 12.6. The lowest BCUT2D eigenvalue weighted by molar-refractivity contribution is -0.145. The summed E-state index contributed by atoms with van der Waals surface area (Å²) in [7, 11) is 0. The molecule has 0 unspecified atom stereocenters. The quantitative estimate of drug-likeness (QED) is 0.706. The molecule has 0 spiro atoms. The minimum Gasteiger partial charge on any atom is -0.351 e. The SMILES string of the molecule is CCOC(Cn1ncc(Cl)c1C)OCC. The zero-order valence-electron chi connectivity index (χ0n) is 9.36. The molecule has 0 bridgehead atoms. The molecule has 4 nitrogen and oxygen atoms in total. The van der Waals surface area contributed by atoms with Gasteiger partial charge in [-0.3, -0.25) is 4.68 Å². The highest BCUT2D eigenvalue weighted by Crippen LogP contribution is 2.14. The fourth-order valence-corrected chi connectivity index (χ4v) is 1.42. The highest BCUT2D eigenvalue weighted by atomic mass is 35.5. The summed E-state index contributed by atoms with van der Waals surface area (Å²) in [5.74, 6) is 0. The lowest BCUT2D eigenvalue weighted by atomic mass is 10.4. The molecule has 86 valence electrons. The molecule has 5 heteroatoms. The molecule has 1 heterocycles. The Bertz CT molecular complexity index is 296. The maximum absolute atomic E-state index is 5.90. The van der Waals surface area contributed by atoms with Crippen LogP contribution in [-0.4, -0.2) is 29.3 Å². The van der Waals surface area contributed by atoms with Gasteiger partial charge >= 0.3 is 0 Å². The van der Waals surface area contributed by atoms with Crippen molar-refractivity contribution in [1.29, 1.82) is 0 Å². The van der Waals surface area contributed by atoms with Gasteiger partial charge in [0.25, 0.3) is 0 Å². The molecular formula is C10H17ClN2O2. The molecule has 1 aromatic rings. The van der Waals surface area contributed by atoms with E-state index in [0.29, 0.717) is 24.8 Å². The fourth-order valence-electron chi connectivity index (χ4n) is 1.27. The number of ether oxygens (including phenoxy) is 2. The molecular weight excluding hydrogens is 216 g/mol. The van der Waals surface area contributed by atoms with Crippen LogP contribution in [0.15, 0.2) is 6.20 Å². The first-order valence-electron chi connectivity index (χ1n) is 5.10. The van der Waals surface area contributed by atoms with E-state index >= 15 is 0 Å². The summed E-state index contributed by atoms with van der Waals surface area (Å²) in [5.41, 5.74) is 0.932. The number of hydrogen-bond acceptors (Lipinski definition) is 3. The zero-order chi connectivity index (χ0) is 11.3. The third-order valence-corrected chi connectivity index (χ3v) is 2.44. The topological polar surface area (TPSA) is 36.3 Å². The smallest absolute Gasteiger partial charge is 0.176 e. The molecule has 0 amide bonds. The van der Waals surface area contributed by atoms with Crippen molar-refractivity contribution in [1.82, 2.24) is 9.78 Å². The first kappa shape index (κ1) is 12.5. The number of halogens is 1. The average Bonchev–Trinajstić information content (AvgIpc) is 2.51. The molecule has 0 atom stereocenters. The Labute approximate surface area is 95.1 Å². The molecule has 1 aromatic heterocycles. The van der Waals surface area contributed by atoms with Crippen molar-refractivity contribution in [3.63, 3.8) is 0 Å². The summed E-state index contributed by atoms with van der Waals surface area (Å²) in [5, 5.41) is 4.81. The van der Waals surface area contributed by atoms with E-state index in [4.69, 9.17) is 21.1 Å². The van der Waals surface area contributed by atoms with Crippen molar-refractivity contribution < 1.29 is 9.47 Å². The number of aromatic nitrogens is 2. The van der Waals surface area contributed by atoms with Crippen molar-refractivity contribution in [2.75, 3.05) is 13.2 Å². The minimum absolute atomic E-state index is 0.255. The number of nitrogens with zero attached hydrogens (tertiary/aromatic N) is 2. The fraction of sp³-hybridized carbons (Fsp3) is 0.700. The van der Waals surface area contributed by atoms with Crippen LogP contribution in [0.1, 0.15) is 19.5 Å². The van der Waals surface area contributed by atoms with Crippen LogP contribution in [0.4, 0.5) is 0 Å². The molecule has 15 heavy (non-hydrogen) atoms. The molecule has 1 rings (SSSR count). The maximum atomic E-state index is 5.90. The normalized spacial score (nSPS) is 11.3. The van der Waals surface area contributed by atoms with Crippen LogP contribution in [0.2, 0.25) is 5.02 Å². The van der Waals surface area contributed by atoms with E-state index < -0.39 is 0 Å². The predicted octanol–water partition coefficient (Wildman–Crippen LogP) is 2.24. The van der Waals surface area contributed by atoms with Gasteiger partial charge < -0.3 is 9.47 Å². The molecule has 0 aliphatic heterocycles. The van der Waals surface area contributed by atoms with E-state index in [9.17, 15) is 0 Å². The first-order chi connectivity index (χ1) is 7.19. The van der Waals surface area contributed by atoms with Crippen LogP contribution in [0.25, 0.3) is 0 Å². The Balaban J connectivity index is 2.60. The molecule has 0 radical (unpaired) electrons. The van der Waals surface area contributed by atoms with E-state index in [1.54, 1.807) is 10.9 Å². The van der Waals surface area contributed by atoms with Crippen molar-refractivity contribution in [2.45, 2.75) is 33.6 Å². The summed E-state index contributed by atoms with van der Waals surface area (Å²) in [6.45, 7) is 7.62. The van der Waals surface area contributed by atoms with Crippen molar-refractivity contribution in [2.24, 2.45) is 0 Å². The van der Waals surface area contributed by atoms with Gasteiger partial charge in [0, 0.05) is 13.2 Å². The van der Waals surface area contributed by atoms with Gasteiger partial charge in [0.2, 0.25) is 0 Å². The van der Waals surface area contributed by atoms with Crippen molar-refractivity contribution in [3.05, 3.63) is 16.9 Å². The van der Waals surface area contributed by atoms with E-state index in [1.807, 2.05) is 20.8 Å². The Morgan fingerprint density at radius 3 is 2.40 bits per heavy atom. The van der Waals surface area contributed by atoms with Gasteiger partial charge in [0.05, 0.1) is 23.5 Å². The van der Waals surface area contributed by atoms with Crippen LogP contribution in [0.3, 0.4) is 0 Å². The van der Waals surface area contributed by atoms with Gasteiger partial charge in [0.1, 0.15) is 0 Å². The van der Waals surface area contributed by atoms with Gasteiger partial charge in [-0.05, 0) is 20.8 Å². The van der Waals surface area contributed by atoms with Gasteiger partial charge in [-0.2, -0.15) is 5.10 Å². The number of hydrogen-bond donors (Lipinski definition) is 0. The Morgan fingerprint density at radius 1 is 1.40 bits per heavy atom. The predicted molar refractivity (Wildman–Crippen MR) is 59.0 cm³/mol.